The molecule has 0 aromatic rings. The van der Waals surface area contributed by atoms with E-state index in [-0.39, 0.29) is 51.0 Å². The number of hydrogen-bond donors (Lipinski definition) is 0. The van der Waals surface area contributed by atoms with Gasteiger partial charge in [-0.3, -0.25) is 0 Å². The van der Waals surface area contributed by atoms with Crippen LogP contribution in [0.25, 0.3) is 0 Å². The summed E-state index contributed by atoms with van der Waals surface area (Å²) in [6, 6.07) is 0. The average Bonchev–Trinajstić information content (AvgIpc) is 3.05. The van der Waals surface area contributed by atoms with Crippen molar-refractivity contribution in [1.29, 1.82) is 0 Å². The molecule has 0 aliphatic rings. The Morgan fingerprint density at radius 3 is 0.592 bits per heavy atom. The van der Waals surface area contributed by atoms with Gasteiger partial charge in [0.15, 0.2) is 0 Å². The minimum absolute atomic E-state index is 0. The van der Waals surface area contributed by atoms with Gasteiger partial charge in [0.2, 0.25) is 0 Å². The predicted molar refractivity (Wildman–Crippen MR) is 196 cm³/mol. The quantitative estimate of drug-likeness (QED) is 0.0632. The summed E-state index contributed by atoms with van der Waals surface area (Å²) in [5.41, 5.74) is 0. The molecule has 49 heavy (non-hydrogen) atoms. The summed E-state index contributed by atoms with van der Waals surface area (Å²) in [4.78, 5) is 41.9. The summed E-state index contributed by atoms with van der Waals surface area (Å²) < 4.78 is 0. The average molecular weight is 892 g/mol. The Morgan fingerprint density at radius 1 is 0.327 bits per heavy atom. The molecule has 0 radical (unpaired) electrons. The van der Waals surface area contributed by atoms with E-state index < -0.39 is 23.9 Å². The summed E-state index contributed by atoms with van der Waals surface area (Å²) in [5.74, 6) is -4.40. The number of unbranched alkanes of at least 4 members (excludes halogenated alkanes) is 12. The third-order valence-electron chi connectivity index (χ3n) is 8.93. The van der Waals surface area contributed by atoms with Crippen molar-refractivity contribution >= 4 is 51.2 Å². The number of carboxylic acid groups (broad SMARTS) is 4. The van der Waals surface area contributed by atoms with Crippen molar-refractivity contribution in [3.05, 3.63) is 0 Å². The Labute approximate surface area is 322 Å². The van der Waals surface area contributed by atoms with Crippen LogP contribution >= 0.6 is 0 Å². The first kappa shape index (κ1) is 57.2. The zero-order valence-electron chi connectivity index (χ0n) is 33.0. The molecule has 0 aliphatic heterocycles. The molecule has 0 amide bonds. The van der Waals surface area contributed by atoms with Crippen LogP contribution < -0.4 is 20.4 Å². The zero-order chi connectivity index (χ0) is 37.6. The molecule has 8 nitrogen and oxygen atoms in total. The van der Waals surface area contributed by atoms with Gasteiger partial charge in [-0.25, -0.2) is 0 Å². The van der Waals surface area contributed by atoms with Gasteiger partial charge in [-0.05, 0) is 75.0 Å². The molecule has 0 saturated carbocycles. The summed E-state index contributed by atoms with van der Waals surface area (Å²) in [5, 5.41) is 41.9. The maximum Gasteiger partial charge on any atom is 4.00 e. The minimum Gasteiger partial charge on any atom is -0.550 e. The van der Waals surface area contributed by atoms with E-state index in [0.29, 0.717) is 25.7 Å². The minimum atomic E-state index is -0.881. The van der Waals surface area contributed by atoms with Gasteiger partial charge in [-0.2, -0.15) is 0 Å². The maximum absolute atomic E-state index is 10.5. The van der Waals surface area contributed by atoms with Gasteiger partial charge in [0.25, 0.3) is 0 Å². The Morgan fingerprint density at radius 2 is 0.490 bits per heavy atom. The summed E-state index contributed by atoms with van der Waals surface area (Å²) in [6.07, 6.45) is 24.3. The molecule has 0 fully saturated rings. The maximum atomic E-state index is 10.5. The predicted octanol–water partition coefficient (Wildman–Crippen LogP) is 6.55. The molecule has 4 unspecified atom stereocenters. The van der Waals surface area contributed by atoms with E-state index in [1.807, 2.05) is 27.7 Å². The van der Waals surface area contributed by atoms with E-state index >= 15 is 0 Å². The van der Waals surface area contributed by atoms with Gasteiger partial charge in [0.1, 0.15) is 0 Å². The smallest absolute Gasteiger partial charge is 0.550 e. The molecule has 288 valence electrons. The van der Waals surface area contributed by atoms with Crippen molar-refractivity contribution in [2.24, 2.45) is 23.7 Å². The normalized spacial score (nSPS) is 12.6. The molecule has 0 aliphatic carbocycles. The first-order valence-corrected chi connectivity index (χ1v) is 19.7. The number of aliphatic carboxylic acids is 4. The van der Waals surface area contributed by atoms with Gasteiger partial charge in [0, 0.05) is 23.9 Å². The Bertz CT molecular complexity index is 611. The van der Waals surface area contributed by atoms with E-state index in [2.05, 4.69) is 27.7 Å². The standard InChI is InChI=1S/4C10H20O2.Pb/c4*1-3-5-6-7-8-9(4-2)10(11)12;/h4*9H,3-8H2,1-2H3,(H,11,12);/q;;;;+4/p-4. The van der Waals surface area contributed by atoms with E-state index in [0.717, 1.165) is 77.0 Å². The molecule has 0 heterocycles. The van der Waals surface area contributed by atoms with Crippen molar-refractivity contribution in [3.63, 3.8) is 0 Å². The fourth-order valence-electron chi connectivity index (χ4n) is 5.22. The van der Waals surface area contributed by atoms with Crippen LogP contribution in [-0.4, -0.2) is 51.2 Å². The molecule has 0 bridgehead atoms. The third kappa shape index (κ3) is 42.9. The summed E-state index contributed by atoms with van der Waals surface area (Å²) in [6.45, 7) is 16.2. The van der Waals surface area contributed by atoms with Gasteiger partial charge in [-0.1, -0.05) is 158 Å². The molecule has 0 aromatic heterocycles. The van der Waals surface area contributed by atoms with Crippen molar-refractivity contribution < 1.29 is 39.6 Å². The number of carbonyl (C=O) groups is 4. The second kappa shape index (κ2) is 44.8. The van der Waals surface area contributed by atoms with Gasteiger partial charge in [0.05, 0.1) is 0 Å². The SMILES string of the molecule is CCCCCCC(CC)C(=O)[O-].CCCCCCC(CC)C(=O)[O-].CCCCCCC(CC)C(=O)[O-].CCCCCCC(CC)C(=O)[O-].[Pb+4]. The summed E-state index contributed by atoms with van der Waals surface area (Å²) in [7, 11) is 0. The second-order valence-corrected chi connectivity index (χ2v) is 13.1. The first-order valence-electron chi connectivity index (χ1n) is 19.7. The number of carboxylic acids is 4. The first-order chi connectivity index (χ1) is 22.9. The van der Waals surface area contributed by atoms with Gasteiger partial charge in [-0.15, -0.1) is 0 Å². The molecule has 0 N–H and O–H groups in total. The van der Waals surface area contributed by atoms with E-state index in [4.69, 9.17) is 0 Å². The molecular weight excluding hydrogens is 816 g/mol. The third-order valence-corrected chi connectivity index (χ3v) is 8.93. The Hall–Kier alpha value is -1.20. The fourth-order valence-corrected chi connectivity index (χ4v) is 5.22. The molecule has 9 heteroatoms. The number of carbonyl (C=O) groups excluding carboxylic acids is 4. The largest absolute Gasteiger partial charge is 4.00 e. The van der Waals surface area contributed by atoms with E-state index in [1.165, 1.54) is 51.4 Å². The van der Waals surface area contributed by atoms with Crippen LogP contribution in [0.15, 0.2) is 0 Å². The topological polar surface area (TPSA) is 161 Å². The van der Waals surface area contributed by atoms with Crippen LogP contribution in [0.5, 0.6) is 0 Å². The van der Waals surface area contributed by atoms with Crippen LogP contribution in [0.2, 0.25) is 0 Å². The monoisotopic (exact) mass is 893 g/mol. The van der Waals surface area contributed by atoms with Crippen LogP contribution in [0, 0.1) is 23.7 Å². The van der Waals surface area contributed by atoms with Crippen LogP contribution in [0.4, 0.5) is 0 Å². The van der Waals surface area contributed by atoms with Crippen molar-refractivity contribution in [2.45, 2.75) is 209 Å². The van der Waals surface area contributed by atoms with E-state index in [9.17, 15) is 39.6 Å². The molecule has 0 rings (SSSR count). The Kier molecular flexibility index (Phi) is 52.3. The molecular formula is C40H76O8Pb. The molecule has 0 aromatic carbocycles. The van der Waals surface area contributed by atoms with Crippen LogP contribution in [0.1, 0.15) is 209 Å². The van der Waals surface area contributed by atoms with Gasteiger partial charge >= 0.3 is 27.3 Å². The van der Waals surface area contributed by atoms with Crippen LogP contribution in [0.3, 0.4) is 0 Å². The van der Waals surface area contributed by atoms with Gasteiger partial charge < -0.3 is 39.6 Å². The van der Waals surface area contributed by atoms with Crippen LogP contribution in [-0.2, 0) is 19.2 Å². The molecule has 4 atom stereocenters. The van der Waals surface area contributed by atoms with Crippen molar-refractivity contribution in [2.75, 3.05) is 0 Å². The number of rotatable bonds is 28. The molecule has 0 saturated heterocycles. The zero-order valence-corrected chi connectivity index (χ0v) is 36.9. The molecule has 0 spiro atoms. The van der Waals surface area contributed by atoms with Crippen molar-refractivity contribution in [1.82, 2.24) is 0 Å². The van der Waals surface area contributed by atoms with E-state index in [1.54, 1.807) is 0 Å². The Balaban J connectivity index is -0.000000174. The van der Waals surface area contributed by atoms with Crippen molar-refractivity contribution in [3.8, 4) is 0 Å². The fraction of sp³-hybridized carbons (Fsp3) is 0.900. The summed E-state index contributed by atoms with van der Waals surface area (Å²) >= 11 is 0. The number of hydrogen-bond acceptors (Lipinski definition) is 8. The second-order valence-electron chi connectivity index (χ2n) is 13.1.